The third-order valence-corrected chi connectivity index (χ3v) is 6.70. The summed E-state index contributed by atoms with van der Waals surface area (Å²) in [4.78, 5) is 19.8. The molecule has 1 aliphatic carbocycles. The summed E-state index contributed by atoms with van der Waals surface area (Å²) in [6.45, 7) is -0.232. The lowest BCUT2D eigenvalue weighted by molar-refractivity contribution is -0.145. The van der Waals surface area contributed by atoms with Crippen LogP contribution >= 0.6 is 11.8 Å². The van der Waals surface area contributed by atoms with E-state index in [0.717, 1.165) is 28.4 Å². The molecule has 0 aliphatic heterocycles. The molecule has 2 unspecified atom stereocenters. The smallest absolute Gasteiger partial charge is 0.352 e. The number of hydrogen-bond acceptors (Lipinski definition) is 5. The second-order valence-corrected chi connectivity index (χ2v) is 8.87. The number of hydrogen-bond donors (Lipinski definition) is 1. The van der Waals surface area contributed by atoms with Crippen molar-refractivity contribution < 1.29 is 31.1 Å². The van der Waals surface area contributed by atoms with E-state index in [4.69, 9.17) is 0 Å². The molecule has 1 aromatic carbocycles. The molecule has 34 heavy (non-hydrogen) atoms. The molecule has 0 bridgehead atoms. The van der Waals surface area contributed by atoms with E-state index in [0.29, 0.717) is 6.42 Å². The molecule has 3 aromatic rings. The Morgan fingerprint density at radius 3 is 2.38 bits per heavy atom. The van der Waals surface area contributed by atoms with Crippen molar-refractivity contribution in [3.63, 3.8) is 0 Å². The largest absolute Gasteiger partial charge is 0.451 e. The van der Waals surface area contributed by atoms with Crippen LogP contribution in [0.4, 0.5) is 26.3 Å². The highest BCUT2D eigenvalue weighted by Crippen LogP contribution is 2.41. The van der Waals surface area contributed by atoms with Crippen LogP contribution in [0.3, 0.4) is 0 Å². The van der Waals surface area contributed by atoms with Gasteiger partial charge < -0.3 is 5.32 Å². The SMILES string of the molecule is O=C(NCc1cn(-c2cnc(C(F)(F)F)nc2)nc1C(F)F)C1CCC1Sc1ccc(F)cc1. The van der Waals surface area contributed by atoms with Crippen LogP contribution in [0.2, 0.25) is 0 Å². The van der Waals surface area contributed by atoms with Gasteiger partial charge in [0.1, 0.15) is 17.2 Å². The Kier molecular flexibility index (Phi) is 6.82. The molecule has 1 N–H and O–H groups in total. The monoisotopic (exact) mass is 501 g/mol. The summed E-state index contributed by atoms with van der Waals surface area (Å²) in [7, 11) is 0. The topological polar surface area (TPSA) is 72.7 Å². The normalized spacial score (nSPS) is 18.1. The van der Waals surface area contributed by atoms with Crippen LogP contribution in [0.25, 0.3) is 5.69 Å². The van der Waals surface area contributed by atoms with Gasteiger partial charge in [0.15, 0.2) is 0 Å². The van der Waals surface area contributed by atoms with Gasteiger partial charge in [0.2, 0.25) is 11.7 Å². The van der Waals surface area contributed by atoms with Crippen LogP contribution in [0.5, 0.6) is 0 Å². The Balaban J connectivity index is 1.41. The van der Waals surface area contributed by atoms with Gasteiger partial charge in [-0.25, -0.2) is 27.8 Å². The highest BCUT2D eigenvalue weighted by molar-refractivity contribution is 8.00. The predicted molar refractivity (Wildman–Crippen MR) is 110 cm³/mol. The zero-order chi connectivity index (χ0) is 24.5. The highest BCUT2D eigenvalue weighted by atomic mass is 32.2. The minimum atomic E-state index is -4.74. The van der Waals surface area contributed by atoms with Crippen molar-refractivity contribution in [2.75, 3.05) is 0 Å². The van der Waals surface area contributed by atoms with E-state index >= 15 is 0 Å². The second kappa shape index (κ2) is 9.65. The first kappa shape index (κ1) is 24.0. The number of amides is 1. The maximum atomic E-state index is 13.5. The molecule has 6 nitrogen and oxygen atoms in total. The molecule has 1 saturated carbocycles. The van der Waals surface area contributed by atoms with E-state index in [9.17, 15) is 31.1 Å². The summed E-state index contributed by atoms with van der Waals surface area (Å²) >= 11 is 1.45. The van der Waals surface area contributed by atoms with Gasteiger partial charge in [-0.05, 0) is 37.1 Å². The number of halogens is 6. The average molecular weight is 501 g/mol. The van der Waals surface area contributed by atoms with Gasteiger partial charge in [-0.3, -0.25) is 4.79 Å². The van der Waals surface area contributed by atoms with E-state index in [-0.39, 0.29) is 40.7 Å². The summed E-state index contributed by atoms with van der Waals surface area (Å²) in [5, 5.41) is 6.34. The molecule has 1 fully saturated rings. The van der Waals surface area contributed by atoms with Gasteiger partial charge in [-0.1, -0.05) is 0 Å². The van der Waals surface area contributed by atoms with Crippen molar-refractivity contribution in [2.45, 2.75) is 42.1 Å². The van der Waals surface area contributed by atoms with E-state index in [1.807, 2.05) is 0 Å². The minimum absolute atomic E-state index is 0.0188. The number of alkyl halides is 5. The molecule has 180 valence electrons. The third-order valence-electron chi connectivity index (χ3n) is 5.29. The number of benzene rings is 1. The number of aromatic nitrogens is 4. The Labute approximate surface area is 193 Å². The molecule has 1 amide bonds. The molecule has 2 aromatic heterocycles. The van der Waals surface area contributed by atoms with Crippen molar-refractivity contribution in [1.82, 2.24) is 25.1 Å². The summed E-state index contributed by atoms with van der Waals surface area (Å²) in [6, 6.07) is 5.92. The van der Waals surface area contributed by atoms with Crippen molar-refractivity contribution in [1.29, 1.82) is 0 Å². The van der Waals surface area contributed by atoms with Crippen molar-refractivity contribution in [3.05, 3.63) is 65.8 Å². The van der Waals surface area contributed by atoms with Gasteiger partial charge in [0.05, 0.1) is 18.3 Å². The van der Waals surface area contributed by atoms with Gasteiger partial charge in [-0.15, -0.1) is 11.8 Å². The first-order chi connectivity index (χ1) is 16.1. The summed E-state index contributed by atoms with van der Waals surface area (Å²) in [5.41, 5.74) is -0.626. The lowest BCUT2D eigenvalue weighted by atomic mass is 9.84. The first-order valence-electron chi connectivity index (χ1n) is 10.1. The van der Waals surface area contributed by atoms with E-state index in [2.05, 4.69) is 20.4 Å². The molecule has 2 heterocycles. The average Bonchev–Trinajstić information content (AvgIpc) is 3.21. The summed E-state index contributed by atoms with van der Waals surface area (Å²) < 4.78 is 78.9. The van der Waals surface area contributed by atoms with Crippen molar-refractivity contribution in [2.24, 2.45) is 5.92 Å². The number of thioether (sulfide) groups is 1. The van der Waals surface area contributed by atoms with E-state index in [1.165, 1.54) is 30.1 Å². The molecule has 4 rings (SSSR count). The first-order valence-corrected chi connectivity index (χ1v) is 11.0. The Morgan fingerprint density at radius 2 is 1.82 bits per heavy atom. The lowest BCUT2D eigenvalue weighted by Gasteiger charge is -2.34. The van der Waals surface area contributed by atoms with Crippen LogP contribution in [0, 0.1) is 11.7 Å². The summed E-state index contributed by atoms with van der Waals surface area (Å²) in [6.07, 6.45) is -3.44. The molecule has 1 aliphatic rings. The second-order valence-electron chi connectivity index (χ2n) is 7.56. The van der Waals surface area contributed by atoms with Gasteiger partial charge in [0.25, 0.3) is 6.43 Å². The Bertz CT molecular complexity index is 1150. The van der Waals surface area contributed by atoms with Crippen LogP contribution < -0.4 is 5.32 Å². The number of carbonyl (C=O) groups excluding carboxylic acids is 1. The zero-order valence-corrected chi connectivity index (χ0v) is 18.1. The van der Waals surface area contributed by atoms with Gasteiger partial charge in [0, 0.05) is 28.5 Å². The number of rotatable bonds is 7. The van der Waals surface area contributed by atoms with Crippen molar-refractivity contribution in [3.8, 4) is 5.69 Å². The number of nitrogens with one attached hydrogen (secondary N) is 1. The molecular formula is C21H17F6N5OS. The fraction of sp³-hybridized carbons (Fsp3) is 0.333. The minimum Gasteiger partial charge on any atom is -0.352 e. The Morgan fingerprint density at radius 1 is 1.15 bits per heavy atom. The van der Waals surface area contributed by atoms with E-state index < -0.39 is 24.1 Å². The lowest BCUT2D eigenvalue weighted by Crippen LogP contribution is -2.42. The maximum absolute atomic E-state index is 13.5. The number of nitrogens with zero attached hydrogens (tertiary/aromatic N) is 4. The van der Waals surface area contributed by atoms with Crippen LogP contribution in [0.15, 0.2) is 47.8 Å². The third kappa shape index (κ3) is 5.34. The van der Waals surface area contributed by atoms with Gasteiger partial charge in [-0.2, -0.15) is 18.3 Å². The molecule has 2 atom stereocenters. The maximum Gasteiger partial charge on any atom is 0.451 e. The molecular weight excluding hydrogens is 484 g/mol. The fourth-order valence-electron chi connectivity index (χ4n) is 3.37. The highest BCUT2D eigenvalue weighted by Gasteiger charge is 2.37. The quantitative estimate of drug-likeness (QED) is 0.464. The van der Waals surface area contributed by atoms with Gasteiger partial charge >= 0.3 is 6.18 Å². The Hall–Kier alpha value is -3.09. The predicted octanol–water partition coefficient (Wildman–Crippen LogP) is 4.94. The fourth-order valence-corrected chi connectivity index (χ4v) is 4.69. The molecule has 13 heteroatoms. The van der Waals surface area contributed by atoms with E-state index in [1.54, 1.807) is 12.1 Å². The molecule has 0 spiro atoms. The van der Waals surface area contributed by atoms with Crippen LogP contribution in [-0.4, -0.2) is 30.9 Å². The molecule has 0 saturated heterocycles. The van der Waals surface area contributed by atoms with Crippen molar-refractivity contribution >= 4 is 17.7 Å². The number of carbonyl (C=O) groups is 1. The van der Waals surface area contributed by atoms with Crippen LogP contribution in [0.1, 0.15) is 36.3 Å². The summed E-state index contributed by atoms with van der Waals surface area (Å²) in [5.74, 6) is -2.36. The van der Waals surface area contributed by atoms with Crippen LogP contribution in [-0.2, 0) is 17.5 Å². The molecule has 0 radical (unpaired) electrons. The zero-order valence-electron chi connectivity index (χ0n) is 17.3. The standard InChI is InChI=1S/C21H17F6N5OS/c22-12-1-3-14(4-2-12)34-16-6-5-15(16)19(33)28-7-11-10-32(31-17(11)18(23)24)13-8-29-20(30-9-13)21(25,26)27/h1-4,8-10,15-16,18H,5-7H2,(H,28,33).